The molecule has 2 amide bonds. The van der Waals surface area contributed by atoms with E-state index in [-0.39, 0.29) is 12.5 Å². The van der Waals surface area contributed by atoms with E-state index in [9.17, 15) is 14.7 Å². The van der Waals surface area contributed by atoms with E-state index in [1.54, 1.807) is 73.8 Å². The van der Waals surface area contributed by atoms with Crippen LogP contribution in [0.1, 0.15) is 16.7 Å². The molecule has 6 heteroatoms. The summed E-state index contributed by atoms with van der Waals surface area (Å²) in [7, 11) is 1.57. The lowest BCUT2D eigenvalue weighted by Crippen LogP contribution is -2.44. The Labute approximate surface area is 174 Å². The van der Waals surface area contributed by atoms with Crippen LogP contribution >= 0.6 is 0 Å². The van der Waals surface area contributed by atoms with Gasteiger partial charge in [0.15, 0.2) is 5.60 Å². The molecule has 3 aromatic carbocycles. The lowest BCUT2D eigenvalue weighted by molar-refractivity contribution is -0.133. The lowest BCUT2D eigenvalue weighted by atomic mass is 9.87. The molecule has 0 spiro atoms. The summed E-state index contributed by atoms with van der Waals surface area (Å²) in [6.07, 6.45) is 0. The van der Waals surface area contributed by atoms with Crippen molar-refractivity contribution in [2.24, 2.45) is 0 Å². The summed E-state index contributed by atoms with van der Waals surface area (Å²) >= 11 is 0. The molecule has 0 aromatic heterocycles. The van der Waals surface area contributed by atoms with E-state index in [1.165, 1.54) is 4.90 Å². The first-order chi connectivity index (χ1) is 14.4. The molecule has 1 aliphatic rings. The molecule has 0 aliphatic carbocycles. The molecular formula is C24H22N2O4. The summed E-state index contributed by atoms with van der Waals surface area (Å²) in [5.41, 5.74) is 1.17. The Morgan fingerprint density at radius 1 is 1.07 bits per heavy atom. The first-order valence-electron chi connectivity index (χ1n) is 9.58. The lowest BCUT2D eigenvalue weighted by Gasteiger charge is -2.24. The molecule has 30 heavy (non-hydrogen) atoms. The quantitative estimate of drug-likeness (QED) is 0.687. The smallest absolute Gasteiger partial charge is 0.268 e. The highest BCUT2D eigenvalue weighted by molar-refractivity contribution is 6.12. The number of nitrogens with one attached hydrogen (secondary N) is 1. The van der Waals surface area contributed by atoms with Crippen LogP contribution < -0.4 is 15.0 Å². The number of rotatable bonds is 5. The number of aliphatic hydroxyl groups is 1. The minimum absolute atomic E-state index is 0.212. The molecule has 4 rings (SSSR count). The third-order valence-electron chi connectivity index (χ3n) is 5.25. The van der Waals surface area contributed by atoms with Crippen molar-refractivity contribution in [1.82, 2.24) is 0 Å². The number of para-hydroxylation sites is 1. The van der Waals surface area contributed by atoms with Crippen molar-refractivity contribution in [3.8, 4) is 5.75 Å². The average Bonchev–Trinajstić information content (AvgIpc) is 2.97. The summed E-state index contributed by atoms with van der Waals surface area (Å²) in [5, 5.41) is 14.3. The number of anilines is 2. The number of ether oxygens (including phenoxy) is 1. The molecule has 0 fully saturated rings. The Morgan fingerprint density at radius 2 is 1.80 bits per heavy atom. The molecule has 0 radical (unpaired) electrons. The summed E-state index contributed by atoms with van der Waals surface area (Å²) in [6, 6.07) is 21.1. The Hall–Kier alpha value is -3.64. The molecule has 1 heterocycles. The van der Waals surface area contributed by atoms with E-state index in [2.05, 4.69) is 5.32 Å². The highest BCUT2D eigenvalue weighted by atomic mass is 16.5. The van der Waals surface area contributed by atoms with Crippen molar-refractivity contribution in [2.75, 3.05) is 23.9 Å². The maximum Gasteiger partial charge on any atom is 0.268 e. The summed E-state index contributed by atoms with van der Waals surface area (Å²) < 4.78 is 5.11. The summed E-state index contributed by atoms with van der Waals surface area (Å²) in [4.78, 5) is 27.3. The van der Waals surface area contributed by atoms with E-state index in [4.69, 9.17) is 4.74 Å². The van der Waals surface area contributed by atoms with Crippen LogP contribution in [0.25, 0.3) is 0 Å². The van der Waals surface area contributed by atoms with Gasteiger partial charge in [-0.05, 0) is 42.8 Å². The molecule has 0 saturated heterocycles. The van der Waals surface area contributed by atoms with Crippen LogP contribution in [0, 0.1) is 6.92 Å². The fourth-order valence-corrected chi connectivity index (χ4v) is 3.76. The zero-order valence-corrected chi connectivity index (χ0v) is 16.8. The SMILES string of the molecule is COc1ccc(NC(=O)CN2C(=O)[C@](O)(c3cccc(C)c3)c3ccccc32)cc1. The van der Waals surface area contributed by atoms with Gasteiger partial charge in [-0.15, -0.1) is 0 Å². The Kier molecular flexibility index (Phi) is 5.01. The van der Waals surface area contributed by atoms with Gasteiger partial charge in [0.1, 0.15) is 12.3 Å². The monoisotopic (exact) mass is 402 g/mol. The van der Waals surface area contributed by atoms with Crippen LogP contribution in [0.2, 0.25) is 0 Å². The Morgan fingerprint density at radius 3 is 2.50 bits per heavy atom. The van der Waals surface area contributed by atoms with Crippen molar-refractivity contribution < 1.29 is 19.4 Å². The number of benzene rings is 3. The topological polar surface area (TPSA) is 78.9 Å². The van der Waals surface area contributed by atoms with Gasteiger partial charge in [0.25, 0.3) is 5.91 Å². The highest BCUT2D eigenvalue weighted by Crippen LogP contribution is 2.44. The molecular weight excluding hydrogens is 380 g/mol. The zero-order valence-electron chi connectivity index (χ0n) is 16.8. The van der Waals surface area contributed by atoms with Gasteiger partial charge in [-0.3, -0.25) is 14.5 Å². The average molecular weight is 402 g/mol. The standard InChI is InChI=1S/C24H22N2O4/c1-16-6-5-7-17(14-16)24(29)20-8-3-4-9-21(20)26(23(24)28)15-22(27)25-18-10-12-19(30-2)13-11-18/h3-14,29H,15H2,1-2H3,(H,25,27)/t24-/m0/s1. The van der Waals surface area contributed by atoms with E-state index in [0.717, 1.165) is 5.56 Å². The number of hydrogen-bond acceptors (Lipinski definition) is 4. The summed E-state index contributed by atoms with van der Waals surface area (Å²) in [6.45, 7) is 1.69. The van der Waals surface area contributed by atoms with Gasteiger partial charge in [-0.1, -0.05) is 48.0 Å². The van der Waals surface area contributed by atoms with Gasteiger partial charge >= 0.3 is 0 Å². The number of nitrogens with zero attached hydrogens (tertiary/aromatic N) is 1. The normalized spacial score (nSPS) is 17.6. The van der Waals surface area contributed by atoms with Crippen LogP contribution in [0.4, 0.5) is 11.4 Å². The molecule has 2 N–H and O–H groups in total. The molecule has 0 saturated carbocycles. The molecule has 0 bridgehead atoms. The van der Waals surface area contributed by atoms with E-state index < -0.39 is 11.5 Å². The highest BCUT2D eigenvalue weighted by Gasteiger charge is 2.51. The first-order valence-corrected chi connectivity index (χ1v) is 9.58. The third kappa shape index (κ3) is 3.31. The van der Waals surface area contributed by atoms with E-state index in [0.29, 0.717) is 28.3 Å². The first kappa shape index (κ1) is 19.7. The zero-order chi connectivity index (χ0) is 21.3. The molecule has 152 valence electrons. The van der Waals surface area contributed by atoms with Crippen LogP contribution in [0.3, 0.4) is 0 Å². The van der Waals surface area contributed by atoms with Crippen LogP contribution in [0.15, 0.2) is 72.8 Å². The van der Waals surface area contributed by atoms with Gasteiger partial charge in [0, 0.05) is 11.3 Å². The van der Waals surface area contributed by atoms with Crippen LogP contribution in [0.5, 0.6) is 5.75 Å². The number of carbonyl (C=O) groups is 2. The van der Waals surface area contributed by atoms with Crippen molar-refractivity contribution in [2.45, 2.75) is 12.5 Å². The van der Waals surface area contributed by atoms with E-state index >= 15 is 0 Å². The number of hydrogen-bond donors (Lipinski definition) is 2. The number of aryl methyl sites for hydroxylation is 1. The van der Waals surface area contributed by atoms with E-state index in [1.807, 2.05) is 13.0 Å². The maximum absolute atomic E-state index is 13.3. The van der Waals surface area contributed by atoms with Gasteiger partial charge in [0.05, 0.1) is 12.8 Å². The van der Waals surface area contributed by atoms with Crippen molar-refractivity contribution in [3.05, 3.63) is 89.5 Å². The molecule has 6 nitrogen and oxygen atoms in total. The fraction of sp³-hybridized carbons (Fsp3) is 0.167. The van der Waals surface area contributed by atoms with Crippen molar-refractivity contribution in [3.63, 3.8) is 0 Å². The number of methoxy groups -OCH3 is 1. The summed E-state index contributed by atoms with van der Waals surface area (Å²) in [5.74, 6) is -0.226. The van der Waals surface area contributed by atoms with Gasteiger partial charge in [0.2, 0.25) is 5.91 Å². The Bertz CT molecular complexity index is 1110. The number of carbonyl (C=O) groups excluding carboxylic acids is 2. The minimum atomic E-state index is -1.83. The maximum atomic E-state index is 13.3. The molecule has 1 aliphatic heterocycles. The molecule has 3 aromatic rings. The predicted molar refractivity (Wildman–Crippen MR) is 115 cm³/mol. The minimum Gasteiger partial charge on any atom is -0.497 e. The number of fused-ring (bicyclic) bond motifs is 1. The fourth-order valence-electron chi connectivity index (χ4n) is 3.76. The second-order valence-electron chi connectivity index (χ2n) is 7.27. The third-order valence-corrected chi connectivity index (χ3v) is 5.25. The predicted octanol–water partition coefficient (Wildman–Crippen LogP) is 3.22. The van der Waals surface area contributed by atoms with Crippen molar-refractivity contribution >= 4 is 23.2 Å². The van der Waals surface area contributed by atoms with Crippen molar-refractivity contribution in [1.29, 1.82) is 0 Å². The second-order valence-corrected chi connectivity index (χ2v) is 7.27. The molecule has 1 atom stereocenters. The van der Waals surface area contributed by atoms with Gasteiger partial charge in [-0.25, -0.2) is 0 Å². The van der Waals surface area contributed by atoms with Crippen LogP contribution in [-0.2, 0) is 15.2 Å². The Balaban J connectivity index is 1.62. The number of amides is 2. The second kappa shape index (κ2) is 7.65. The largest absolute Gasteiger partial charge is 0.497 e. The molecule has 0 unspecified atom stereocenters. The van der Waals surface area contributed by atoms with Gasteiger partial charge in [-0.2, -0.15) is 0 Å². The van der Waals surface area contributed by atoms with Crippen LogP contribution in [-0.4, -0.2) is 30.6 Å². The van der Waals surface area contributed by atoms with Gasteiger partial charge < -0.3 is 15.2 Å².